The topological polar surface area (TPSA) is 46.1 Å². The fourth-order valence-electron chi connectivity index (χ4n) is 3.10. The number of aliphatic imine (C=N–C) groups is 1. The molecule has 1 aromatic rings. The molecule has 1 atom stereocenters. The molecule has 7 heteroatoms. The number of ether oxygens (including phenoxy) is 2. The molecule has 0 spiro atoms. The quantitative estimate of drug-likeness (QED) is 0.398. The summed E-state index contributed by atoms with van der Waals surface area (Å²) in [6.07, 6.45) is 0.929. The Kier molecular flexibility index (Phi) is 8.66. The lowest BCUT2D eigenvalue weighted by Gasteiger charge is -2.36. The Morgan fingerprint density at radius 2 is 2.08 bits per heavy atom. The predicted octanol–water partition coefficient (Wildman–Crippen LogP) is 3.61. The van der Waals surface area contributed by atoms with Crippen molar-refractivity contribution >= 4 is 41.7 Å². The summed E-state index contributed by atoms with van der Waals surface area (Å²) in [4.78, 5) is 6.87. The summed E-state index contributed by atoms with van der Waals surface area (Å²) >= 11 is 2.08. The fraction of sp³-hybridized carbons (Fsp3) is 0.632. The minimum atomic E-state index is 0. The lowest BCUT2D eigenvalue weighted by atomic mass is 10.1. The molecule has 1 N–H and O–H groups in total. The Bertz CT molecular complexity index is 612. The molecule has 1 saturated heterocycles. The molecule has 3 rings (SSSR count). The van der Waals surface area contributed by atoms with E-state index < -0.39 is 0 Å². The van der Waals surface area contributed by atoms with E-state index in [9.17, 15) is 0 Å². The van der Waals surface area contributed by atoms with Crippen molar-refractivity contribution in [1.29, 1.82) is 0 Å². The maximum atomic E-state index is 5.78. The minimum absolute atomic E-state index is 0. The molecule has 146 valence electrons. The summed E-state index contributed by atoms with van der Waals surface area (Å²) in [6, 6.07) is 6.17. The van der Waals surface area contributed by atoms with E-state index in [2.05, 4.69) is 53.0 Å². The molecule has 0 aromatic heterocycles. The lowest BCUT2D eigenvalue weighted by molar-refractivity contribution is 0.297. The number of nitrogens with one attached hydrogen (secondary N) is 1. The number of fused-ring (bicyclic) bond motifs is 1. The molecule has 1 aromatic carbocycles. The van der Waals surface area contributed by atoms with Crippen molar-refractivity contribution in [1.82, 2.24) is 10.2 Å². The first-order valence-electron chi connectivity index (χ1n) is 9.13. The standard InChI is InChI=1S/C19H29N3O2S.HI/c1-14(2)18-13-22(7-10-25-18)19(20-3)21-12-15-5-6-16-17(11-15)24-9-4-8-23-16;/h5-6,11,14,18H,4,7-10,12-13H2,1-3H3,(H,20,21);1H. The summed E-state index contributed by atoms with van der Waals surface area (Å²) < 4.78 is 11.5. The van der Waals surface area contributed by atoms with Gasteiger partial charge < -0.3 is 19.7 Å². The van der Waals surface area contributed by atoms with Crippen LogP contribution in [0.3, 0.4) is 0 Å². The molecule has 0 aliphatic carbocycles. The molecule has 5 nitrogen and oxygen atoms in total. The molecule has 26 heavy (non-hydrogen) atoms. The van der Waals surface area contributed by atoms with Crippen LogP contribution in [-0.2, 0) is 6.54 Å². The van der Waals surface area contributed by atoms with Gasteiger partial charge in [0.1, 0.15) is 0 Å². The van der Waals surface area contributed by atoms with Gasteiger partial charge in [-0.3, -0.25) is 4.99 Å². The molecule has 1 unspecified atom stereocenters. The van der Waals surface area contributed by atoms with Crippen LogP contribution in [0.4, 0.5) is 0 Å². The normalized spacial score (nSPS) is 20.4. The molecule has 1 fully saturated rings. The third-order valence-electron chi connectivity index (χ3n) is 4.61. The third-order valence-corrected chi connectivity index (χ3v) is 6.15. The Balaban J connectivity index is 0.00000243. The van der Waals surface area contributed by atoms with E-state index in [4.69, 9.17) is 9.47 Å². The van der Waals surface area contributed by atoms with Crippen molar-refractivity contribution in [3.63, 3.8) is 0 Å². The van der Waals surface area contributed by atoms with Gasteiger partial charge in [0.05, 0.1) is 13.2 Å². The van der Waals surface area contributed by atoms with Crippen LogP contribution in [0, 0.1) is 5.92 Å². The van der Waals surface area contributed by atoms with E-state index >= 15 is 0 Å². The lowest BCUT2D eigenvalue weighted by Crippen LogP contribution is -2.48. The second-order valence-corrected chi connectivity index (χ2v) is 8.18. The van der Waals surface area contributed by atoms with E-state index in [0.717, 1.165) is 55.9 Å². The second-order valence-electron chi connectivity index (χ2n) is 6.83. The first-order valence-corrected chi connectivity index (χ1v) is 10.2. The van der Waals surface area contributed by atoms with E-state index in [1.807, 2.05) is 13.1 Å². The molecule has 0 amide bonds. The largest absolute Gasteiger partial charge is 0.490 e. The summed E-state index contributed by atoms with van der Waals surface area (Å²) in [5.41, 5.74) is 1.18. The number of thioether (sulfide) groups is 1. The highest BCUT2D eigenvalue weighted by atomic mass is 127. The van der Waals surface area contributed by atoms with Crippen LogP contribution < -0.4 is 14.8 Å². The number of guanidine groups is 1. The number of hydrogen-bond donors (Lipinski definition) is 1. The Labute approximate surface area is 178 Å². The van der Waals surface area contributed by atoms with Gasteiger partial charge in [0.25, 0.3) is 0 Å². The number of nitrogens with zero attached hydrogens (tertiary/aromatic N) is 2. The minimum Gasteiger partial charge on any atom is -0.490 e. The summed E-state index contributed by atoms with van der Waals surface area (Å²) in [5, 5.41) is 4.18. The van der Waals surface area contributed by atoms with Crippen LogP contribution in [0.2, 0.25) is 0 Å². The van der Waals surface area contributed by atoms with Crippen molar-refractivity contribution in [2.24, 2.45) is 10.9 Å². The highest BCUT2D eigenvalue weighted by Crippen LogP contribution is 2.30. The highest BCUT2D eigenvalue weighted by Gasteiger charge is 2.24. The van der Waals surface area contributed by atoms with Gasteiger partial charge in [-0.25, -0.2) is 0 Å². The van der Waals surface area contributed by atoms with Crippen molar-refractivity contribution in [3.8, 4) is 11.5 Å². The van der Waals surface area contributed by atoms with Crippen molar-refractivity contribution in [2.45, 2.75) is 32.1 Å². The third kappa shape index (κ3) is 5.58. The monoisotopic (exact) mass is 491 g/mol. The van der Waals surface area contributed by atoms with E-state index in [1.165, 1.54) is 5.56 Å². The van der Waals surface area contributed by atoms with Gasteiger partial charge in [-0.15, -0.1) is 24.0 Å². The maximum Gasteiger partial charge on any atom is 0.193 e. The van der Waals surface area contributed by atoms with Crippen LogP contribution >= 0.6 is 35.7 Å². The maximum absolute atomic E-state index is 5.78. The van der Waals surface area contributed by atoms with Gasteiger partial charge in [-0.05, 0) is 23.6 Å². The smallest absolute Gasteiger partial charge is 0.193 e. The summed E-state index contributed by atoms with van der Waals surface area (Å²) in [5.74, 6) is 4.53. The van der Waals surface area contributed by atoms with Crippen LogP contribution in [-0.4, -0.2) is 55.2 Å². The molecule has 0 bridgehead atoms. The van der Waals surface area contributed by atoms with Gasteiger partial charge in [-0.1, -0.05) is 19.9 Å². The molecule has 0 radical (unpaired) electrons. The van der Waals surface area contributed by atoms with Crippen molar-refractivity contribution in [3.05, 3.63) is 23.8 Å². The summed E-state index contributed by atoms with van der Waals surface area (Å²) in [7, 11) is 1.86. The number of halogens is 1. The predicted molar refractivity (Wildman–Crippen MR) is 120 cm³/mol. The van der Waals surface area contributed by atoms with Gasteiger partial charge >= 0.3 is 0 Å². The fourth-order valence-corrected chi connectivity index (χ4v) is 4.40. The van der Waals surface area contributed by atoms with Crippen LogP contribution in [0.25, 0.3) is 0 Å². The molecular formula is C19H30IN3O2S. The second kappa shape index (κ2) is 10.5. The zero-order chi connectivity index (χ0) is 17.6. The van der Waals surface area contributed by atoms with Crippen molar-refractivity contribution < 1.29 is 9.47 Å². The van der Waals surface area contributed by atoms with Crippen LogP contribution in [0.5, 0.6) is 11.5 Å². The average Bonchev–Trinajstić information content (AvgIpc) is 2.87. The van der Waals surface area contributed by atoms with Gasteiger partial charge in [0, 0.05) is 44.1 Å². The zero-order valence-corrected chi connectivity index (χ0v) is 19.0. The number of hydrogen-bond acceptors (Lipinski definition) is 4. The first kappa shape index (κ1) is 21.5. The molecule has 2 heterocycles. The number of rotatable bonds is 3. The van der Waals surface area contributed by atoms with E-state index in [1.54, 1.807) is 0 Å². The molecule has 0 saturated carbocycles. The van der Waals surface area contributed by atoms with E-state index in [-0.39, 0.29) is 24.0 Å². The van der Waals surface area contributed by atoms with Gasteiger partial charge in [0.15, 0.2) is 17.5 Å². The Hall–Kier alpha value is -0.830. The Morgan fingerprint density at radius 1 is 1.31 bits per heavy atom. The molecule has 2 aliphatic rings. The SMILES string of the molecule is CN=C(NCc1ccc2c(c1)OCCCO2)N1CCSC(C(C)C)C1.I. The molecule has 2 aliphatic heterocycles. The zero-order valence-electron chi connectivity index (χ0n) is 15.9. The molecular weight excluding hydrogens is 461 g/mol. The van der Waals surface area contributed by atoms with Crippen LogP contribution in [0.15, 0.2) is 23.2 Å². The van der Waals surface area contributed by atoms with Crippen LogP contribution in [0.1, 0.15) is 25.8 Å². The highest BCUT2D eigenvalue weighted by molar-refractivity contribution is 14.0. The number of benzene rings is 1. The van der Waals surface area contributed by atoms with Gasteiger partial charge in [0.2, 0.25) is 0 Å². The average molecular weight is 491 g/mol. The van der Waals surface area contributed by atoms with Gasteiger partial charge in [-0.2, -0.15) is 11.8 Å². The van der Waals surface area contributed by atoms with E-state index in [0.29, 0.717) is 17.8 Å². The first-order chi connectivity index (χ1) is 12.2. The summed E-state index contributed by atoms with van der Waals surface area (Å²) in [6.45, 7) is 8.89. The van der Waals surface area contributed by atoms with Crippen molar-refractivity contribution in [2.75, 3.05) is 39.1 Å². The Morgan fingerprint density at radius 3 is 2.81 bits per heavy atom.